The smallest absolute Gasteiger partial charge is 0.328 e. The molecule has 0 bridgehead atoms. The number of carbonyl (C=O) groups excluding carboxylic acids is 2. The van der Waals surface area contributed by atoms with Gasteiger partial charge in [0.2, 0.25) is 0 Å². The molecule has 1 amide bonds. The molecule has 0 radical (unpaired) electrons. The molecule has 2 fully saturated rings. The summed E-state index contributed by atoms with van der Waals surface area (Å²) in [6.07, 6.45) is 4.70. The van der Waals surface area contributed by atoms with E-state index in [4.69, 9.17) is 4.74 Å². The van der Waals surface area contributed by atoms with Crippen molar-refractivity contribution in [2.75, 3.05) is 7.11 Å². The quantitative estimate of drug-likeness (QED) is 0.755. The van der Waals surface area contributed by atoms with Crippen LogP contribution in [0.25, 0.3) is 10.8 Å². The van der Waals surface area contributed by atoms with E-state index in [-0.39, 0.29) is 29.2 Å². The Balaban J connectivity index is 1.83. The molecular weight excluding hydrogens is 346 g/mol. The van der Waals surface area contributed by atoms with Crippen LogP contribution in [0.1, 0.15) is 42.6 Å². The lowest BCUT2D eigenvalue weighted by Gasteiger charge is -2.33. The fourth-order valence-corrected chi connectivity index (χ4v) is 4.68. The molecule has 0 unspecified atom stereocenters. The summed E-state index contributed by atoms with van der Waals surface area (Å²) < 4.78 is 6.17. The van der Waals surface area contributed by atoms with Gasteiger partial charge in [-0.25, -0.2) is 9.48 Å². The van der Waals surface area contributed by atoms with Crippen LogP contribution in [0.3, 0.4) is 0 Å². The number of amides is 1. The first-order valence-corrected chi connectivity index (χ1v) is 9.39. The van der Waals surface area contributed by atoms with E-state index in [1.54, 1.807) is 29.2 Å². The zero-order valence-electron chi connectivity index (χ0n) is 15.6. The van der Waals surface area contributed by atoms with Crippen molar-refractivity contribution in [1.82, 2.24) is 14.7 Å². The van der Waals surface area contributed by atoms with Gasteiger partial charge in [0.25, 0.3) is 11.5 Å². The number of fused-ring (bicyclic) bond motifs is 2. The number of carbonyl (C=O) groups is 2. The lowest BCUT2D eigenvalue weighted by Crippen LogP contribution is -2.47. The number of methoxy groups -OCH3 is 1. The largest absolute Gasteiger partial charge is 0.467 e. The number of aryl methyl sites for hydroxylation is 1. The molecule has 0 spiro atoms. The average Bonchev–Trinajstić information content (AvgIpc) is 3.09. The van der Waals surface area contributed by atoms with E-state index in [2.05, 4.69) is 5.10 Å². The van der Waals surface area contributed by atoms with Crippen molar-refractivity contribution >= 4 is 22.6 Å². The molecule has 1 aromatic carbocycles. The maximum Gasteiger partial charge on any atom is 0.328 e. The first kappa shape index (κ1) is 17.7. The zero-order chi connectivity index (χ0) is 19.1. The number of hydrogen-bond donors (Lipinski definition) is 0. The van der Waals surface area contributed by atoms with E-state index in [9.17, 15) is 14.4 Å². The minimum Gasteiger partial charge on any atom is -0.467 e. The van der Waals surface area contributed by atoms with E-state index in [1.165, 1.54) is 18.8 Å². The van der Waals surface area contributed by atoms with Gasteiger partial charge in [-0.05, 0) is 31.2 Å². The second-order valence-electron chi connectivity index (χ2n) is 7.42. The summed E-state index contributed by atoms with van der Waals surface area (Å²) in [4.78, 5) is 40.0. The highest BCUT2D eigenvalue weighted by molar-refractivity contribution is 6.06. The topological polar surface area (TPSA) is 81.5 Å². The Morgan fingerprint density at radius 1 is 1.15 bits per heavy atom. The van der Waals surface area contributed by atoms with Crippen LogP contribution in [0.15, 0.2) is 29.1 Å². The van der Waals surface area contributed by atoms with Crippen molar-refractivity contribution in [2.24, 2.45) is 13.0 Å². The third-order valence-electron chi connectivity index (χ3n) is 5.95. The Hall–Kier alpha value is -2.70. The summed E-state index contributed by atoms with van der Waals surface area (Å²) in [6, 6.07) is 6.41. The lowest BCUT2D eigenvalue weighted by atomic mass is 9.84. The molecule has 2 heterocycles. The van der Waals surface area contributed by atoms with E-state index in [0.717, 1.165) is 25.7 Å². The van der Waals surface area contributed by atoms with Gasteiger partial charge in [0.15, 0.2) is 5.69 Å². The molecule has 4 rings (SSSR count). The molecule has 1 saturated carbocycles. The van der Waals surface area contributed by atoms with Crippen molar-refractivity contribution in [2.45, 2.75) is 44.2 Å². The zero-order valence-corrected chi connectivity index (χ0v) is 15.6. The summed E-state index contributed by atoms with van der Waals surface area (Å²) in [5, 5.41) is 5.24. The molecule has 2 aliphatic rings. The van der Waals surface area contributed by atoms with Crippen LogP contribution >= 0.6 is 0 Å². The van der Waals surface area contributed by atoms with E-state index in [0.29, 0.717) is 23.1 Å². The van der Waals surface area contributed by atoms with Crippen molar-refractivity contribution < 1.29 is 14.3 Å². The van der Waals surface area contributed by atoms with Gasteiger partial charge in [-0.1, -0.05) is 31.0 Å². The van der Waals surface area contributed by atoms with Gasteiger partial charge >= 0.3 is 5.97 Å². The summed E-state index contributed by atoms with van der Waals surface area (Å²) in [7, 11) is 2.89. The molecule has 27 heavy (non-hydrogen) atoms. The molecule has 2 aromatic rings. The van der Waals surface area contributed by atoms with Crippen molar-refractivity contribution in [1.29, 1.82) is 0 Å². The van der Waals surface area contributed by atoms with Crippen molar-refractivity contribution in [3.63, 3.8) is 0 Å². The van der Waals surface area contributed by atoms with Crippen LogP contribution in [0.4, 0.5) is 0 Å². The first-order chi connectivity index (χ1) is 13.0. The van der Waals surface area contributed by atoms with E-state index >= 15 is 0 Å². The number of ether oxygens (including phenoxy) is 1. The van der Waals surface area contributed by atoms with Gasteiger partial charge in [-0.2, -0.15) is 5.10 Å². The number of likely N-dealkylation sites (tertiary alicyclic amines) is 1. The normalized spacial score (nSPS) is 24.7. The fourth-order valence-electron chi connectivity index (χ4n) is 4.68. The highest BCUT2D eigenvalue weighted by Crippen LogP contribution is 2.41. The van der Waals surface area contributed by atoms with Crippen molar-refractivity contribution in [3.8, 4) is 0 Å². The molecule has 1 saturated heterocycles. The predicted molar refractivity (Wildman–Crippen MR) is 99.3 cm³/mol. The van der Waals surface area contributed by atoms with E-state index in [1.807, 2.05) is 0 Å². The summed E-state index contributed by atoms with van der Waals surface area (Å²) in [5.41, 5.74) is -0.0311. The first-order valence-electron chi connectivity index (χ1n) is 9.39. The minimum absolute atomic E-state index is 0.0214. The highest BCUT2D eigenvalue weighted by atomic mass is 16.5. The lowest BCUT2D eigenvalue weighted by molar-refractivity contribution is -0.145. The Kier molecular flexibility index (Phi) is 4.45. The highest BCUT2D eigenvalue weighted by Gasteiger charge is 2.48. The molecule has 1 aliphatic heterocycles. The van der Waals surface area contributed by atoms with Gasteiger partial charge in [-0.3, -0.25) is 9.59 Å². The number of esters is 1. The Morgan fingerprint density at radius 3 is 2.59 bits per heavy atom. The molecule has 142 valence electrons. The maximum atomic E-state index is 13.6. The van der Waals surface area contributed by atoms with Gasteiger partial charge in [0.1, 0.15) is 6.04 Å². The van der Waals surface area contributed by atoms with Gasteiger partial charge < -0.3 is 9.64 Å². The molecule has 7 heteroatoms. The Bertz CT molecular complexity index is 967. The van der Waals surface area contributed by atoms with Crippen LogP contribution < -0.4 is 5.56 Å². The minimum atomic E-state index is -0.589. The second kappa shape index (κ2) is 6.79. The number of benzene rings is 1. The predicted octanol–water partition coefficient (Wildman–Crippen LogP) is 1.88. The fraction of sp³-hybridized carbons (Fsp3) is 0.500. The molecule has 7 nitrogen and oxygen atoms in total. The van der Waals surface area contributed by atoms with Gasteiger partial charge in [0, 0.05) is 18.5 Å². The van der Waals surface area contributed by atoms with Gasteiger partial charge in [-0.15, -0.1) is 0 Å². The Labute approximate surface area is 156 Å². The maximum absolute atomic E-state index is 13.6. The van der Waals surface area contributed by atoms with Crippen LogP contribution in [-0.2, 0) is 16.6 Å². The van der Waals surface area contributed by atoms with Crippen LogP contribution in [0.5, 0.6) is 0 Å². The number of hydrogen-bond acceptors (Lipinski definition) is 5. The van der Waals surface area contributed by atoms with Crippen LogP contribution in [-0.4, -0.2) is 45.8 Å². The van der Waals surface area contributed by atoms with Crippen molar-refractivity contribution in [3.05, 3.63) is 40.3 Å². The average molecular weight is 369 g/mol. The number of nitrogens with zero attached hydrogens (tertiary/aromatic N) is 3. The monoisotopic (exact) mass is 369 g/mol. The van der Waals surface area contributed by atoms with Crippen LogP contribution in [0.2, 0.25) is 0 Å². The molecule has 1 aromatic heterocycles. The van der Waals surface area contributed by atoms with Gasteiger partial charge in [0.05, 0.1) is 12.5 Å². The third kappa shape index (κ3) is 2.81. The summed E-state index contributed by atoms with van der Waals surface area (Å²) in [6.45, 7) is 0. The molecule has 1 aliphatic carbocycles. The number of aromatic nitrogens is 2. The molecular formula is C20H23N3O4. The molecule has 0 N–H and O–H groups in total. The standard InChI is InChI=1S/C20H23N3O4/c1-22-18(24)14-9-5-4-8-13(14)17(21-22)19(25)23-15-10-6-3-7-12(15)11-16(23)20(26)27-2/h4-5,8-9,12,15-16H,3,6-7,10-11H2,1-2H3/t12-,15+,16-/m0/s1. The third-order valence-corrected chi connectivity index (χ3v) is 5.95. The second-order valence-corrected chi connectivity index (χ2v) is 7.42. The summed E-state index contributed by atoms with van der Waals surface area (Å²) >= 11 is 0. The number of rotatable bonds is 2. The summed E-state index contributed by atoms with van der Waals surface area (Å²) in [5.74, 6) is -0.371. The van der Waals surface area contributed by atoms with E-state index < -0.39 is 6.04 Å². The molecule has 3 atom stereocenters. The Morgan fingerprint density at radius 2 is 1.85 bits per heavy atom. The SMILES string of the molecule is COC(=O)[C@@H]1C[C@@H]2CCCC[C@H]2N1C(=O)c1nn(C)c(=O)c2ccccc12. The van der Waals surface area contributed by atoms with Crippen LogP contribution in [0, 0.1) is 5.92 Å².